The Morgan fingerprint density at radius 2 is 2.00 bits per heavy atom. The molecular formula is C15H17N3O5. The summed E-state index contributed by atoms with van der Waals surface area (Å²) >= 11 is 0. The molecule has 1 amide bonds. The highest BCUT2D eigenvalue weighted by Gasteiger charge is 2.20. The number of benzene rings is 1. The Kier molecular flexibility index (Phi) is 4.85. The number of rotatable bonds is 5. The van der Waals surface area contributed by atoms with Gasteiger partial charge in [0, 0.05) is 23.3 Å². The van der Waals surface area contributed by atoms with Gasteiger partial charge in [0.15, 0.2) is 11.5 Å². The van der Waals surface area contributed by atoms with Crippen LogP contribution < -0.4 is 20.5 Å². The predicted octanol–water partition coefficient (Wildman–Crippen LogP) is 0.737. The van der Waals surface area contributed by atoms with E-state index in [1.165, 1.54) is 27.5 Å². The number of hydrogen-bond acceptors (Lipinski definition) is 7. The van der Waals surface area contributed by atoms with E-state index in [9.17, 15) is 9.59 Å². The van der Waals surface area contributed by atoms with Crippen molar-refractivity contribution in [2.75, 3.05) is 33.6 Å². The van der Waals surface area contributed by atoms with Crippen LogP contribution in [0, 0.1) is 0 Å². The number of nitrogen functional groups attached to an aromatic ring is 1. The summed E-state index contributed by atoms with van der Waals surface area (Å²) in [5.41, 5.74) is 6.50. The predicted molar refractivity (Wildman–Crippen MR) is 83.6 cm³/mol. The van der Waals surface area contributed by atoms with E-state index in [-0.39, 0.29) is 12.2 Å². The molecule has 1 aromatic heterocycles. The third-order valence-corrected chi connectivity index (χ3v) is 3.26. The van der Waals surface area contributed by atoms with Crippen molar-refractivity contribution < 1.29 is 23.8 Å². The van der Waals surface area contributed by atoms with Gasteiger partial charge in [0.25, 0.3) is 5.91 Å². The molecule has 3 N–H and O–H groups in total. The normalized spacial score (nSPS) is 10.2. The van der Waals surface area contributed by atoms with Crippen LogP contribution in [0.15, 0.2) is 18.3 Å². The molecule has 2 rings (SSSR count). The summed E-state index contributed by atoms with van der Waals surface area (Å²) in [4.78, 5) is 27.6. The molecule has 0 aliphatic carbocycles. The molecule has 0 saturated carbocycles. The van der Waals surface area contributed by atoms with Crippen molar-refractivity contribution in [3.8, 4) is 11.5 Å². The lowest BCUT2D eigenvalue weighted by Gasteiger charge is -2.15. The molecule has 1 aromatic carbocycles. The Morgan fingerprint density at radius 3 is 2.61 bits per heavy atom. The summed E-state index contributed by atoms with van der Waals surface area (Å²) in [5.74, 6) is -0.393. The first-order valence-corrected chi connectivity index (χ1v) is 6.67. The third-order valence-electron chi connectivity index (χ3n) is 3.26. The molecule has 8 nitrogen and oxygen atoms in total. The van der Waals surface area contributed by atoms with Crippen molar-refractivity contribution in [3.63, 3.8) is 0 Å². The van der Waals surface area contributed by atoms with Crippen LogP contribution in [0.5, 0.6) is 11.5 Å². The van der Waals surface area contributed by atoms with E-state index in [2.05, 4.69) is 15.0 Å². The number of amides is 1. The lowest BCUT2D eigenvalue weighted by molar-refractivity contribution is -0.139. The van der Waals surface area contributed by atoms with E-state index in [1.54, 1.807) is 12.1 Å². The maximum absolute atomic E-state index is 12.3. The van der Waals surface area contributed by atoms with Gasteiger partial charge in [-0.1, -0.05) is 0 Å². The first-order valence-electron chi connectivity index (χ1n) is 6.67. The minimum atomic E-state index is -0.567. The van der Waals surface area contributed by atoms with Crippen LogP contribution >= 0.6 is 0 Å². The number of nitrogens with two attached hydrogens (primary N) is 1. The maximum Gasteiger partial charge on any atom is 0.325 e. The molecule has 0 fully saturated rings. The summed E-state index contributed by atoms with van der Waals surface area (Å²) in [5, 5.41) is 3.45. The van der Waals surface area contributed by atoms with E-state index in [0.717, 1.165) is 0 Å². The Balaban J connectivity index is 2.58. The zero-order valence-electron chi connectivity index (χ0n) is 13.0. The van der Waals surface area contributed by atoms with Gasteiger partial charge < -0.3 is 25.3 Å². The van der Waals surface area contributed by atoms with E-state index >= 15 is 0 Å². The fourth-order valence-corrected chi connectivity index (χ4v) is 2.17. The number of pyridine rings is 1. The standard InChI is InChI=1S/C15H17N3O5/c1-21-10-6-9(16)8-4-5-17-13(12(8)14(10)23-3)15(20)18-7-11(19)22-2/h4-6H,7,16H2,1-3H3,(H,18,20). The highest BCUT2D eigenvalue weighted by Crippen LogP contribution is 2.40. The van der Waals surface area contributed by atoms with Crippen molar-refractivity contribution in [2.24, 2.45) is 0 Å². The lowest BCUT2D eigenvalue weighted by atomic mass is 10.1. The van der Waals surface area contributed by atoms with Crippen LogP contribution in [0.1, 0.15) is 10.5 Å². The van der Waals surface area contributed by atoms with Crippen molar-refractivity contribution in [1.29, 1.82) is 0 Å². The van der Waals surface area contributed by atoms with E-state index in [0.29, 0.717) is 28.0 Å². The smallest absolute Gasteiger partial charge is 0.325 e. The van der Waals surface area contributed by atoms with Crippen LogP contribution in [-0.4, -0.2) is 44.7 Å². The largest absolute Gasteiger partial charge is 0.493 e. The van der Waals surface area contributed by atoms with Gasteiger partial charge >= 0.3 is 5.97 Å². The van der Waals surface area contributed by atoms with Crippen LogP contribution in [0.3, 0.4) is 0 Å². The summed E-state index contributed by atoms with van der Waals surface area (Å²) in [6.45, 7) is -0.269. The van der Waals surface area contributed by atoms with Gasteiger partial charge in [0.1, 0.15) is 12.2 Å². The van der Waals surface area contributed by atoms with Gasteiger partial charge in [-0.3, -0.25) is 14.6 Å². The molecule has 2 aromatic rings. The molecule has 0 unspecified atom stereocenters. The number of hydrogen-bond donors (Lipinski definition) is 2. The second-order valence-corrected chi connectivity index (χ2v) is 4.54. The fourth-order valence-electron chi connectivity index (χ4n) is 2.17. The summed E-state index contributed by atoms with van der Waals surface area (Å²) in [6, 6.07) is 3.28. The molecule has 0 saturated heterocycles. The maximum atomic E-state index is 12.3. The van der Waals surface area contributed by atoms with Gasteiger partial charge in [-0.05, 0) is 6.07 Å². The average molecular weight is 319 g/mol. The molecule has 0 spiro atoms. The number of carbonyl (C=O) groups is 2. The number of aromatic nitrogens is 1. The SMILES string of the molecule is COC(=O)CNC(=O)c1nccc2c(N)cc(OC)c(OC)c12. The number of anilines is 1. The first kappa shape index (κ1) is 16.3. The van der Waals surface area contributed by atoms with E-state index < -0.39 is 11.9 Å². The highest BCUT2D eigenvalue weighted by molar-refractivity contribution is 6.11. The zero-order valence-corrected chi connectivity index (χ0v) is 13.0. The number of fused-ring (bicyclic) bond motifs is 1. The number of esters is 1. The number of carbonyl (C=O) groups excluding carboxylic acids is 2. The van der Waals surface area contributed by atoms with Crippen molar-refractivity contribution in [3.05, 3.63) is 24.0 Å². The minimum absolute atomic E-state index is 0.0776. The molecule has 0 atom stereocenters. The number of ether oxygens (including phenoxy) is 3. The molecule has 122 valence electrons. The Bertz CT molecular complexity index is 760. The van der Waals surface area contributed by atoms with Crippen molar-refractivity contribution in [1.82, 2.24) is 10.3 Å². The molecule has 0 aliphatic heterocycles. The van der Waals surface area contributed by atoms with Crippen molar-refractivity contribution in [2.45, 2.75) is 0 Å². The van der Waals surface area contributed by atoms with E-state index in [4.69, 9.17) is 15.2 Å². The second-order valence-electron chi connectivity index (χ2n) is 4.54. The van der Waals surface area contributed by atoms with Gasteiger partial charge in [0.05, 0.1) is 26.7 Å². The molecule has 0 bridgehead atoms. The summed E-state index contributed by atoms with van der Waals surface area (Å²) in [6.07, 6.45) is 1.46. The molecule has 8 heteroatoms. The Hall–Kier alpha value is -3.03. The average Bonchev–Trinajstić information content (AvgIpc) is 2.58. The minimum Gasteiger partial charge on any atom is -0.493 e. The van der Waals surface area contributed by atoms with Crippen LogP contribution in [-0.2, 0) is 9.53 Å². The third kappa shape index (κ3) is 3.10. The van der Waals surface area contributed by atoms with Crippen LogP contribution in [0.2, 0.25) is 0 Å². The quantitative estimate of drug-likeness (QED) is 0.617. The second kappa shape index (κ2) is 6.82. The molecule has 1 heterocycles. The summed E-state index contributed by atoms with van der Waals surface area (Å²) in [7, 11) is 4.16. The molecule has 0 aliphatic rings. The lowest BCUT2D eigenvalue weighted by Crippen LogP contribution is -2.30. The Morgan fingerprint density at radius 1 is 1.26 bits per heavy atom. The molecule has 23 heavy (non-hydrogen) atoms. The topological polar surface area (TPSA) is 113 Å². The highest BCUT2D eigenvalue weighted by atomic mass is 16.5. The molecular weight excluding hydrogens is 302 g/mol. The van der Waals surface area contributed by atoms with Gasteiger partial charge in [-0.15, -0.1) is 0 Å². The summed E-state index contributed by atoms with van der Waals surface area (Å²) < 4.78 is 15.1. The number of nitrogens with zero attached hydrogens (tertiary/aromatic N) is 1. The van der Waals surface area contributed by atoms with Crippen molar-refractivity contribution >= 4 is 28.3 Å². The zero-order chi connectivity index (χ0) is 17.0. The fraction of sp³-hybridized carbons (Fsp3) is 0.267. The first-order chi connectivity index (χ1) is 11.0. The van der Waals surface area contributed by atoms with E-state index in [1.807, 2.05) is 0 Å². The molecule has 0 radical (unpaired) electrons. The number of methoxy groups -OCH3 is 3. The van der Waals surface area contributed by atoms with Crippen LogP contribution in [0.25, 0.3) is 10.8 Å². The van der Waals surface area contributed by atoms with Gasteiger partial charge in [0.2, 0.25) is 0 Å². The van der Waals surface area contributed by atoms with Gasteiger partial charge in [-0.2, -0.15) is 0 Å². The van der Waals surface area contributed by atoms with Gasteiger partial charge in [-0.25, -0.2) is 0 Å². The monoisotopic (exact) mass is 319 g/mol. The number of nitrogens with one attached hydrogen (secondary N) is 1. The Labute approximate surface area is 132 Å². The van der Waals surface area contributed by atoms with Crippen LogP contribution in [0.4, 0.5) is 5.69 Å².